The van der Waals surface area contributed by atoms with Crippen LogP contribution in [0.25, 0.3) is 5.78 Å². The SMILES string of the molecule is Cc1cnc2nc(C(=O)N3C[C@H]4CC(c5ccccc5OC(F)(F)F)C[C@H]4C3)bn2c1. The van der Waals surface area contributed by atoms with Crippen molar-refractivity contribution in [1.82, 2.24) is 19.2 Å². The third kappa shape index (κ3) is 3.91. The first-order valence-electron chi connectivity index (χ1n) is 10.2. The van der Waals surface area contributed by atoms with E-state index in [1.54, 1.807) is 40.7 Å². The Labute approximate surface area is 177 Å². The van der Waals surface area contributed by atoms with E-state index in [1.165, 1.54) is 6.07 Å². The zero-order chi connectivity index (χ0) is 21.8. The number of hydrogen-bond acceptors (Lipinski definition) is 4. The molecular weight excluding hydrogens is 408 g/mol. The summed E-state index contributed by atoms with van der Waals surface area (Å²) >= 11 is 0. The van der Waals surface area contributed by atoms with Crippen LogP contribution < -0.4 is 4.74 Å². The number of rotatable bonds is 3. The Hall–Kier alpha value is -2.91. The summed E-state index contributed by atoms with van der Waals surface area (Å²) in [5.41, 5.74) is 1.92. The van der Waals surface area contributed by atoms with Crippen molar-refractivity contribution in [2.24, 2.45) is 11.8 Å². The Kier molecular flexibility index (Phi) is 4.75. The van der Waals surface area contributed by atoms with Gasteiger partial charge in [0.1, 0.15) is 0 Å². The van der Waals surface area contributed by atoms with E-state index in [2.05, 4.69) is 14.7 Å². The van der Waals surface area contributed by atoms with Gasteiger partial charge in [0.25, 0.3) is 0 Å². The molecule has 1 amide bonds. The van der Waals surface area contributed by atoms with Crippen LogP contribution in [0.2, 0.25) is 0 Å². The molecule has 0 spiro atoms. The fraction of sp³-hybridized carbons (Fsp3) is 0.429. The predicted octanol–water partition coefficient (Wildman–Crippen LogP) is 3.54. The molecule has 3 aromatic rings. The molecule has 6 nitrogen and oxygen atoms in total. The molecule has 0 bridgehead atoms. The molecule has 1 aromatic carbocycles. The van der Waals surface area contributed by atoms with Crippen molar-refractivity contribution >= 4 is 18.7 Å². The summed E-state index contributed by atoms with van der Waals surface area (Å²) in [7, 11) is 1.69. The van der Waals surface area contributed by atoms with Gasteiger partial charge in [0.2, 0.25) is 0 Å². The number of aromatic nitrogens is 3. The average molecular weight is 428 g/mol. The van der Waals surface area contributed by atoms with Gasteiger partial charge < -0.3 is 0 Å². The third-order valence-electron chi connectivity index (χ3n) is 6.28. The van der Waals surface area contributed by atoms with Crippen LogP contribution >= 0.6 is 0 Å². The van der Waals surface area contributed by atoms with E-state index in [4.69, 9.17) is 0 Å². The van der Waals surface area contributed by atoms with Gasteiger partial charge in [-0.1, -0.05) is 0 Å². The van der Waals surface area contributed by atoms with Crippen LogP contribution in [0.4, 0.5) is 13.2 Å². The third-order valence-corrected chi connectivity index (χ3v) is 6.28. The summed E-state index contributed by atoms with van der Waals surface area (Å²) in [5, 5.41) is 0. The number of para-hydroxylation sites is 1. The van der Waals surface area contributed by atoms with Crippen molar-refractivity contribution in [3.8, 4) is 5.75 Å². The summed E-state index contributed by atoms with van der Waals surface area (Å²) in [4.78, 5) is 23.3. The topological polar surface area (TPSA) is 59.7 Å². The number of carbonyl (C=O) groups is 1. The summed E-state index contributed by atoms with van der Waals surface area (Å²) in [5.74, 6) is 0.730. The molecule has 0 radical (unpaired) electrons. The summed E-state index contributed by atoms with van der Waals surface area (Å²) in [6.45, 7) is 3.09. The number of halogens is 3. The Morgan fingerprint density at radius 3 is 2.61 bits per heavy atom. The van der Waals surface area contributed by atoms with E-state index < -0.39 is 6.36 Å². The normalized spacial score (nSPS) is 23.2. The van der Waals surface area contributed by atoms with Crippen molar-refractivity contribution < 1.29 is 22.7 Å². The number of nitrogens with zero attached hydrogens (tertiary/aromatic N) is 4. The van der Waals surface area contributed by atoms with Crippen molar-refractivity contribution in [2.75, 3.05) is 13.1 Å². The molecule has 1 aliphatic carbocycles. The first kappa shape index (κ1) is 20.0. The molecule has 0 N–H and O–H groups in total. The monoisotopic (exact) mass is 428 g/mol. The van der Waals surface area contributed by atoms with Crippen molar-refractivity contribution in [3.05, 3.63) is 53.4 Å². The zero-order valence-electron chi connectivity index (χ0n) is 16.8. The summed E-state index contributed by atoms with van der Waals surface area (Å²) in [6, 6.07) is 6.36. The molecule has 31 heavy (non-hydrogen) atoms. The second-order valence-electron chi connectivity index (χ2n) is 8.45. The van der Waals surface area contributed by atoms with Crippen molar-refractivity contribution in [3.63, 3.8) is 0 Å². The van der Waals surface area contributed by atoms with E-state index >= 15 is 0 Å². The van der Waals surface area contributed by atoms with Crippen LogP contribution in [-0.4, -0.2) is 51.6 Å². The molecule has 2 aliphatic rings. The minimum absolute atomic E-state index is 0.00632. The van der Waals surface area contributed by atoms with Gasteiger partial charge in [0.05, 0.1) is 0 Å². The Morgan fingerprint density at radius 2 is 1.90 bits per heavy atom. The van der Waals surface area contributed by atoms with Gasteiger partial charge in [-0.05, 0) is 0 Å². The second kappa shape index (κ2) is 7.35. The molecule has 1 saturated heterocycles. The van der Waals surface area contributed by atoms with Crippen LogP contribution in [0.3, 0.4) is 0 Å². The molecule has 10 heteroatoms. The number of ether oxygens (including phenoxy) is 1. The molecule has 1 unspecified atom stereocenters. The number of hydrogen-bond donors (Lipinski definition) is 0. The van der Waals surface area contributed by atoms with E-state index in [0.717, 1.165) is 18.4 Å². The maximum absolute atomic E-state index is 13.0. The van der Waals surface area contributed by atoms with Gasteiger partial charge in [-0.2, -0.15) is 0 Å². The molecule has 1 saturated carbocycles. The number of fused-ring (bicyclic) bond motifs is 2. The van der Waals surface area contributed by atoms with E-state index in [9.17, 15) is 18.0 Å². The van der Waals surface area contributed by atoms with E-state index in [1.807, 2.05) is 13.1 Å². The number of aryl methyl sites for hydroxylation is 1. The van der Waals surface area contributed by atoms with Crippen molar-refractivity contribution in [2.45, 2.75) is 32.0 Å². The van der Waals surface area contributed by atoms with Gasteiger partial charge in [-0.3, -0.25) is 0 Å². The van der Waals surface area contributed by atoms with Crippen LogP contribution in [-0.2, 0) is 0 Å². The zero-order valence-corrected chi connectivity index (χ0v) is 16.8. The van der Waals surface area contributed by atoms with Crippen LogP contribution in [0, 0.1) is 18.8 Å². The number of benzene rings is 1. The Morgan fingerprint density at radius 1 is 1.19 bits per heavy atom. The number of carbonyl (C=O) groups excluding carboxylic acids is 1. The fourth-order valence-electron chi connectivity index (χ4n) is 5.01. The molecular formula is C21H20BF3N4O2. The number of likely N-dealkylation sites (tertiary alicyclic amines) is 1. The first-order chi connectivity index (χ1) is 14.8. The van der Waals surface area contributed by atoms with Crippen LogP contribution in [0.1, 0.15) is 40.3 Å². The predicted molar refractivity (Wildman–Crippen MR) is 107 cm³/mol. The maximum atomic E-state index is 13.0. The van der Waals surface area contributed by atoms with Gasteiger partial charge >= 0.3 is 177 Å². The van der Waals surface area contributed by atoms with E-state index in [-0.39, 0.29) is 29.4 Å². The molecule has 160 valence electrons. The van der Waals surface area contributed by atoms with Crippen molar-refractivity contribution in [1.29, 1.82) is 0 Å². The van der Waals surface area contributed by atoms with Gasteiger partial charge in [0.15, 0.2) is 0 Å². The Balaban J connectivity index is 1.28. The van der Waals surface area contributed by atoms with Gasteiger partial charge in [-0.15, -0.1) is 0 Å². The van der Waals surface area contributed by atoms with Gasteiger partial charge in [0, 0.05) is 0 Å². The van der Waals surface area contributed by atoms with Crippen LogP contribution in [0.15, 0.2) is 36.7 Å². The number of alkyl halides is 3. The molecule has 2 fully saturated rings. The minimum atomic E-state index is -4.71. The second-order valence-corrected chi connectivity index (χ2v) is 8.45. The van der Waals surface area contributed by atoms with Crippen LogP contribution in [0.5, 0.6) is 5.75 Å². The molecule has 5 rings (SSSR count). The average Bonchev–Trinajstić information content (AvgIpc) is 3.38. The molecule has 3 atom stereocenters. The molecule has 1 aliphatic heterocycles. The standard InChI is InChI=1S/C21H20BF3N4O2/c1-12-8-26-20-27-18(22-29(20)9-12)19(30)28-10-14-6-13(7-15(14)11-28)16-4-2-3-5-17(16)31-21(23,24)25/h2-5,8-9,13-15H,6-7,10-11H2,1H3/t13?,14-,15+. The molecule has 2 aromatic heterocycles. The fourth-order valence-corrected chi connectivity index (χ4v) is 5.01. The van der Waals surface area contributed by atoms with E-state index in [0.29, 0.717) is 30.0 Å². The quantitative estimate of drug-likeness (QED) is 0.641. The molecule has 3 heterocycles. The van der Waals surface area contributed by atoms with Gasteiger partial charge in [-0.25, -0.2) is 0 Å². The number of amides is 1. The Bertz CT molecular complexity index is 1140. The first-order valence-corrected chi connectivity index (χ1v) is 10.2. The summed E-state index contributed by atoms with van der Waals surface area (Å²) in [6.07, 6.45) is 0.333. The summed E-state index contributed by atoms with van der Waals surface area (Å²) < 4.78 is 44.3.